The zero-order valence-corrected chi connectivity index (χ0v) is 24.5. The number of nitrogens with zero attached hydrogens (tertiary/aromatic N) is 3. The third kappa shape index (κ3) is 6.41. The number of carboxylic acids is 1. The fourth-order valence-electron chi connectivity index (χ4n) is 3.79. The summed E-state index contributed by atoms with van der Waals surface area (Å²) >= 11 is 5.59. The first-order valence-corrected chi connectivity index (χ1v) is 13.8. The average molecular weight is 690 g/mol. The Morgan fingerprint density at radius 1 is 1.18 bits per heavy atom. The van der Waals surface area contributed by atoms with Crippen molar-refractivity contribution in [1.29, 1.82) is 0 Å². The molecule has 8 nitrogen and oxygen atoms in total. The van der Waals surface area contributed by atoms with Crippen molar-refractivity contribution in [2.45, 2.75) is 32.8 Å². The number of hydrogen-bond acceptors (Lipinski definition) is 6. The molecular weight excluding hydrogens is 665 g/mol. The lowest BCUT2D eigenvalue weighted by Gasteiger charge is -2.14. The normalized spacial score (nSPS) is 11.3. The van der Waals surface area contributed by atoms with Crippen LogP contribution in [-0.2, 0) is 13.0 Å². The smallest absolute Gasteiger partial charge is 0.335 e. The molecule has 0 aliphatic carbocycles. The Hall–Kier alpha value is -3.25. The fraction of sp³-hybridized carbons (Fsp3) is 0.214. The number of benzene rings is 3. The van der Waals surface area contributed by atoms with Crippen LogP contribution in [0.2, 0.25) is 0 Å². The van der Waals surface area contributed by atoms with Crippen molar-refractivity contribution in [3.8, 4) is 11.5 Å². The van der Waals surface area contributed by atoms with Gasteiger partial charge in [-0.05, 0) is 82.6 Å². The number of aromatic carboxylic acids is 1. The topological polar surface area (TPSA) is 103 Å². The second-order valence-electron chi connectivity index (χ2n) is 8.48. The molecule has 1 aromatic heterocycles. The molecule has 0 amide bonds. The number of methoxy groups -OCH3 is 1. The molecule has 0 atom stereocenters. The predicted molar refractivity (Wildman–Crippen MR) is 159 cm³/mol. The van der Waals surface area contributed by atoms with Crippen LogP contribution in [-0.4, -0.2) is 34.1 Å². The van der Waals surface area contributed by atoms with E-state index in [1.807, 2.05) is 18.2 Å². The van der Waals surface area contributed by atoms with Crippen LogP contribution >= 0.6 is 38.5 Å². The second-order valence-corrected chi connectivity index (χ2v) is 10.6. The van der Waals surface area contributed by atoms with E-state index in [1.54, 1.807) is 49.7 Å². The molecule has 4 rings (SSSR count). The molecule has 3 aromatic carbocycles. The summed E-state index contributed by atoms with van der Waals surface area (Å²) in [5, 5.41) is 14.1. The molecule has 0 aliphatic rings. The number of carbonyl (C=O) groups is 1. The zero-order valence-electron chi connectivity index (χ0n) is 20.8. The van der Waals surface area contributed by atoms with E-state index in [4.69, 9.17) is 19.6 Å². The highest BCUT2D eigenvalue weighted by molar-refractivity contribution is 14.1. The van der Waals surface area contributed by atoms with E-state index >= 15 is 0 Å². The van der Waals surface area contributed by atoms with Gasteiger partial charge in [0.2, 0.25) is 0 Å². The van der Waals surface area contributed by atoms with Gasteiger partial charge in [-0.2, -0.15) is 9.78 Å². The van der Waals surface area contributed by atoms with Gasteiger partial charge < -0.3 is 14.6 Å². The highest BCUT2D eigenvalue weighted by Gasteiger charge is 2.14. The van der Waals surface area contributed by atoms with Crippen molar-refractivity contribution < 1.29 is 19.4 Å². The van der Waals surface area contributed by atoms with Crippen LogP contribution in [0.15, 0.2) is 69.0 Å². The van der Waals surface area contributed by atoms with Crippen LogP contribution in [0.1, 0.15) is 47.1 Å². The molecule has 0 fully saturated rings. The number of carboxylic acid groups (broad SMARTS) is 1. The predicted octanol–water partition coefficient (Wildman–Crippen LogP) is 6.27. The molecule has 0 bridgehead atoms. The fourth-order valence-corrected chi connectivity index (χ4v) is 4.93. The Morgan fingerprint density at radius 3 is 2.63 bits per heavy atom. The van der Waals surface area contributed by atoms with Crippen LogP contribution in [0.25, 0.3) is 10.9 Å². The lowest BCUT2D eigenvalue weighted by atomic mass is 10.1. The van der Waals surface area contributed by atoms with Gasteiger partial charge in [-0.1, -0.05) is 41.4 Å². The minimum absolute atomic E-state index is 0.218. The molecule has 0 unspecified atom stereocenters. The van der Waals surface area contributed by atoms with Crippen molar-refractivity contribution in [2.24, 2.45) is 5.10 Å². The Morgan fingerprint density at radius 2 is 1.95 bits per heavy atom. The van der Waals surface area contributed by atoms with E-state index in [2.05, 4.69) is 50.5 Å². The maximum atomic E-state index is 13.3. The highest BCUT2D eigenvalue weighted by Crippen LogP contribution is 2.34. The van der Waals surface area contributed by atoms with E-state index in [-0.39, 0.29) is 17.7 Å². The molecule has 0 spiro atoms. The van der Waals surface area contributed by atoms with Gasteiger partial charge in [0.05, 0.1) is 33.4 Å². The van der Waals surface area contributed by atoms with Crippen molar-refractivity contribution in [3.05, 3.63) is 95.5 Å². The summed E-state index contributed by atoms with van der Waals surface area (Å²) < 4.78 is 14.6. The summed E-state index contributed by atoms with van der Waals surface area (Å²) in [6, 6.07) is 15.6. The number of hydrogen-bond donors (Lipinski definition) is 1. The Balaban J connectivity index is 1.63. The monoisotopic (exact) mass is 689 g/mol. The quantitative estimate of drug-likeness (QED) is 0.156. The number of halogens is 2. The van der Waals surface area contributed by atoms with E-state index < -0.39 is 5.97 Å². The molecule has 0 saturated heterocycles. The van der Waals surface area contributed by atoms with E-state index in [1.165, 1.54) is 4.68 Å². The molecule has 10 heteroatoms. The van der Waals surface area contributed by atoms with Gasteiger partial charge in [-0.3, -0.25) is 4.79 Å². The molecule has 1 heterocycles. The Kier molecular flexibility index (Phi) is 9.16. The van der Waals surface area contributed by atoms with E-state index in [9.17, 15) is 9.59 Å². The van der Waals surface area contributed by atoms with Crippen molar-refractivity contribution >= 4 is 61.6 Å². The van der Waals surface area contributed by atoms with Gasteiger partial charge >= 0.3 is 5.97 Å². The van der Waals surface area contributed by atoms with Crippen LogP contribution in [0, 0.1) is 3.57 Å². The van der Waals surface area contributed by atoms with Gasteiger partial charge in [0.1, 0.15) is 12.4 Å². The van der Waals surface area contributed by atoms with Crippen molar-refractivity contribution in [1.82, 2.24) is 9.66 Å². The first-order chi connectivity index (χ1) is 18.3. The van der Waals surface area contributed by atoms with Crippen molar-refractivity contribution in [3.63, 3.8) is 0 Å². The minimum atomic E-state index is -0.974. The van der Waals surface area contributed by atoms with Gasteiger partial charge in [0.25, 0.3) is 5.56 Å². The summed E-state index contributed by atoms with van der Waals surface area (Å²) in [4.78, 5) is 29.1. The summed E-state index contributed by atoms with van der Waals surface area (Å²) in [5.74, 6) is 0.710. The maximum Gasteiger partial charge on any atom is 0.335 e. The SMILES string of the molecule is CCCCc1nc2ccc(Br)cc2c(=O)n1N=Cc1cc(I)c(OCc2ccc(C(=O)O)cc2)c(OC)c1. The van der Waals surface area contributed by atoms with Crippen LogP contribution in [0.3, 0.4) is 0 Å². The molecule has 196 valence electrons. The highest BCUT2D eigenvalue weighted by atomic mass is 127. The standard InChI is InChI=1S/C28H25BrIN3O5/c1-3-4-5-25-32-23-11-10-20(29)14-21(23)27(34)33(25)31-15-18-12-22(30)26(24(13-18)37-2)38-16-17-6-8-19(9-7-17)28(35)36/h6-15H,3-5,16H2,1-2H3,(H,35,36). The molecule has 1 N–H and O–H groups in total. The number of rotatable bonds is 10. The van der Waals surface area contributed by atoms with Crippen LogP contribution in [0.5, 0.6) is 11.5 Å². The number of unbranched alkanes of at least 4 members (excludes halogenated alkanes) is 1. The minimum Gasteiger partial charge on any atom is -0.493 e. The molecular formula is C28H25BrIN3O5. The van der Waals surface area contributed by atoms with E-state index in [0.717, 1.165) is 32.0 Å². The third-order valence-electron chi connectivity index (χ3n) is 5.79. The lowest BCUT2D eigenvalue weighted by molar-refractivity contribution is 0.0697. The summed E-state index contributed by atoms with van der Waals surface area (Å²) in [6.45, 7) is 2.33. The second kappa shape index (κ2) is 12.5. The summed E-state index contributed by atoms with van der Waals surface area (Å²) in [5.41, 5.74) is 2.19. The van der Waals surface area contributed by atoms with Gasteiger partial charge in [-0.15, -0.1) is 0 Å². The summed E-state index contributed by atoms with van der Waals surface area (Å²) in [6.07, 6.45) is 4.11. The number of ether oxygens (including phenoxy) is 2. The third-order valence-corrected chi connectivity index (χ3v) is 7.08. The van der Waals surface area contributed by atoms with Gasteiger partial charge in [-0.25, -0.2) is 9.78 Å². The summed E-state index contributed by atoms with van der Waals surface area (Å²) in [7, 11) is 1.55. The molecule has 4 aromatic rings. The number of aryl methyl sites for hydroxylation is 1. The van der Waals surface area contributed by atoms with Crippen LogP contribution < -0.4 is 15.0 Å². The zero-order chi connectivity index (χ0) is 27.2. The van der Waals surface area contributed by atoms with Gasteiger partial charge in [0.15, 0.2) is 11.5 Å². The number of fused-ring (bicyclic) bond motifs is 1. The Bertz CT molecular complexity index is 1570. The first-order valence-electron chi connectivity index (χ1n) is 11.9. The lowest BCUT2D eigenvalue weighted by Crippen LogP contribution is -2.22. The maximum absolute atomic E-state index is 13.3. The van der Waals surface area contributed by atoms with Gasteiger partial charge in [0, 0.05) is 10.9 Å². The largest absolute Gasteiger partial charge is 0.493 e. The molecule has 0 saturated carbocycles. The van der Waals surface area contributed by atoms with Crippen LogP contribution in [0.4, 0.5) is 0 Å². The number of aromatic nitrogens is 2. The van der Waals surface area contributed by atoms with E-state index in [0.29, 0.717) is 34.6 Å². The molecule has 0 radical (unpaired) electrons. The average Bonchev–Trinajstić information content (AvgIpc) is 2.91. The van der Waals surface area contributed by atoms with Crippen molar-refractivity contribution in [2.75, 3.05) is 7.11 Å². The molecule has 0 aliphatic heterocycles. The Labute approximate surface area is 241 Å². The molecule has 38 heavy (non-hydrogen) atoms. The first kappa shape index (κ1) is 27.8.